The van der Waals surface area contributed by atoms with E-state index in [0.29, 0.717) is 17.9 Å². The smallest absolute Gasteiger partial charge is 0.322 e. The monoisotopic (exact) mass is 384 g/mol. The van der Waals surface area contributed by atoms with Crippen LogP contribution in [0, 0.1) is 17.0 Å². The first-order chi connectivity index (χ1) is 10.8. The molecule has 0 bridgehead atoms. The number of hydrogen-bond donors (Lipinski definition) is 0. The Kier molecular flexibility index (Phi) is 4.83. The van der Waals surface area contributed by atoms with Gasteiger partial charge in [-0.2, -0.15) is 10.2 Å². The zero-order valence-electron chi connectivity index (χ0n) is 13.3. The minimum atomic E-state index is -0.578. The van der Waals surface area contributed by atoms with Gasteiger partial charge in [-0.1, -0.05) is 0 Å². The van der Waals surface area contributed by atoms with Crippen LogP contribution in [0.25, 0.3) is 0 Å². The third-order valence-electron chi connectivity index (χ3n) is 3.53. The highest BCUT2D eigenvalue weighted by molar-refractivity contribution is 9.10. The van der Waals surface area contributed by atoms with Crippen LogP contribution in [-0.2, 0) is 20.1 Å². The van der Waals surface area contributed by atoms with E-state index in [1.807, 2.05) is 13.1 Å². The van der Waals surface area contributed by atoms with Gasteiger partial charge in [0.15, 0.2) is 0 Å². The molecule has 23 heavy (non-hydrogen) atoms. The third kappa shape index (κ3) is 3.26. The first-order valence-electron chi connectivity index (χ1n) is 6.91. The van der Waals surface area contributed by atoms with Crippen LogP contribution >= 0.6 is 15.9 Å². The number of carbonyl (C=O) groups is 1. The summed E-state index contributed by atoms with van der Waals surface area (Å²) in [5.74, 6) is -0.515. The molecule has 0 aliphatic heterocycles. The minimum Gasteiger partial charge on any atom is -0.334 e. The van der Waals surface area contributed by atoms with Crippen molar-refractivity contribution < 1.29 is 9.72 Å². The summed E-state index contributed by atoms with van der Waals surface area (Å²) < 4.78 is 3.86. The normalized spacial score (nSPS) is 10.8. The molecule has 10 heteroatoms. The van der Waals surface area contributed by atoms with Gasteiger partial charge in [-0.25, -0.2) is 0 Å². The number of carbonyl (C=O) groups excluding carboxylic acids is 1. The summed E-state index contributed by atoms with van der Waals surface area (Å²) in [7, 11) is 3.13. The highest BCUT2D eigenvalue weighted by Gasteiger charge is 2.31. The number of hydrogen-bond acceptors (Lipinski definition) is 5. The molecule has 2 rings (SSSR count). The molecule has 0 spiro atoms. The number of nitro groups is 1. The minimum absolute atomic E-state index is 0.163. The molecule has 0 atom stereocenters. The Labute approximate surface area is 141 Å². The van der Waals surface area contributed by atoms with Gasteiger partial charge in [-0.15, -0.1) is 0 Å². The third-order valence-corrected chi connectivity index (χ3v) is 4.19. The van der Waals surface area contributed by atoms with Gasteiger partial charge in [-0.3, -0.25) is 24.3 Å². The Morgan fingerprint density at radius 1 is 1.48 bits per heavy atom. The lowest BCUT2D eigenvalue weighted by atomic mass is 10.2. The lowest BCUT2D eigenvalue weighted by molar-refractivity contribution is -0.385. The maximum atomic E-state index is 12.5. The highest BCUT2D eigenvalue weighted by Crippen LogP contribution is 2.24. The van der Waals surface area contributed by atoms with Crippen molar-refractivity contribution >= 4 is 27.5 Å². The summed E-state index contributed by atoms with van der Waals surface area (Å²) in [6.45, 7) is 4.44. The Morgan fingerprint density at radius 3 is 2.65 bits per heavy atom. The molecule has 0 saturated carbocycles. The predicted molar refractivity (Wildman–Crippen MR) is 86.0 cm³/mol. The Bertz CT molecular complexity index is 766. The number of aryl methyl sites for hydroxylation is 2. The second-order valence-corrected chi connectivity index (χ2v) is 5.96. The van der Waals surface area contributed by atoms with Gasteiger partial charge >= 0.3 is 5.69 Å². The van der Waals surface area contributed by atoms with Crippen molar-refractivity contribution in [1.29, 1.82) is 0 Å². The number of rotatable bonds is 5. The van der Waals surface area contributed by atoms with Gasteiger partial charge in [-0.05, 0) is 29.8 Å². The molecule has 0 fully saturated rings. The standard InChI is InChI=1S/C13H17BrN6O3/c1-5-19-6-9(14)10(15-19)7-17(3)13(21)11-12(20(22)23)8(2)18(4)16-11/h6H,5,7H2,1-4H3. The molecule has 1 amide bonds. The lowest BCUT2D eigenvalue weighted by Crippen LogP contribution is -2.27. The van der Waals surface area contributed by atoms with Crippen molar-refractivity contribution in [2.45, 2.75) is 26.9 Å². The molecule has 0 unspecified atom stereocenters. The molecule has 2 aromatic rings. The van der Waals surface area contributed by atoms with Crippen molar-refractivity contribution in [1.82, 2.24) is 24.5 Å². The number of aromatic nitrogens is 4. The number of nitrogens with zero attached hydrogens (tertiary/aromatic N) is 6. The first kappa shape index (κ1) is 17.1. The van der Waals surface area contributed by atoms with Gasteiger partial charge in [0.25, 0.3) is 5.91 Å². The fourth-order valence-electron chi connectivity index (χ4n) is 2.14. The van der Waals surface area contributed by atoms with Crippen molar-refractivity contribution in [3.05, 3.63) is 37.9 Å². The summed E-state index contributed by atoms with van der Waals surface area (Å²) in [6.07, 6.45) is 1.82. The van der Waals surface area contributed by atoms with E-state index >= 15 is 0 Å². The van der Waals surface area contributed by atoms with Crippen molar-refractivity contribution in [2.75, 3.05) is 7.05 Å². The van der Waals surface area contributed by atoms with E-state index in [4.69, 9.17) is 0 Å². The first-order valence-corrected chi connectivity index (χ1v) is 7.70. The van der Waals surface area contributed by atoms with Crippen LogP contribution in [-0.4, -0.2) is 42.3 Å². The molecule has 0 saturated heterocycles. The van der Waals surface area contributed by atoms with E-state index < -0.39 is 10.8 Å². The van der Waals surface area contributed by atoms with E-state index in [-0.39, 0.29) is 17.9 Å². The molecule has 0 N–H and O–H groups in total. The van der Waals surface area contributed by atoms with Crippen molar-refractivity contribution in [3.63, 3.8) is 0 Å². The molecule has 0 radical (unpaired) electrons. The quantitative estimate of drug-likeness (QED) is 0.578. The van der Waals surface area contributed by atoms with Crippen molar-refractivity contribution in [2.24, 2.45) is 7.05 Å². The van der Waals surface area contributed by atoms with Gasteiger partial charge < -0.3 is 4.90 Å². The van der Waals surface area contributed by atoms with Crippen molar-refractivity contribution in [3.8, 4) is 0 Å². The fourth-order valence-corrected chi connectivity index (χ4v) is 2.58. The molecular weight excluding hydrogens is 368 g/mol. The summed E-state index contributed by atoms with van der Waals surface area (Å²) in [6, 6.07) is 0. The molecule has 2 heterocycles. The topological polar surface area (TPSA) is 99.1 Å². The van der Waals surface area contributed by atoms with E-state index in [9.17, 15) is 14.9 Å². The van der Waals surface area contributed by atoms with E-state index in [1.165, 1.54) is 9.58 Å². The zero-order chi connectivity index (χ0) is 17.3. The predicted octanol–water partition coefficient (Wildman–Crippen LogP) is 1.89. The molecule has 2 aromatic heterocycles. The average Bonchev–Trinajstić information content (AvgIpc) is 2.99. The van der Waals surface area contributed by atoms with Gasteiger partial charge in [0.2, 0.25) is 5.69 Å². The van der Waals surface area contributed by atoms with Crippen LogP contribution in [0.5, 0.6) is 0 Å². The second-order valence-electron chi connectivity index (χ2n) is 5.10. The largest absolute Gasteiger partial charge is 0.334 e. The van der Waals surface area contributed by atoms with Gasteiger partial charge in [0, 0.05) is 26.8 Å². The van der Waals surface area contributed by atoms with Crippen LogP contribution in [0.3, 0.4) is 0 Å². The van der Waals surface area contributed by atoms with Crippen LogP contribution in [0.15, 0.2) is 10.7 Å². The Balaban J connectivity index is 2.28. The van der Waals surface area contributed by atoms with Crippen LogP contribution in [0.4, 0.5) is 5.69 Å². The summed E-state index contributed by atoms with van der Waals surface area (Å²) in [5, 5.41) is 19.5. The molecule has 0 aromatic carbocycles. The van der Waals surface area contributed by atoms with Gasteiger partial charge in [0.05, 0.1) is 21.6 Å². The second kappa shape index (κ2) is 6.49. The van der Waals surface area contributed by atoms with E-state index in [1.54, 1.807) is 25.7 Å². The summed E-state index contributed by atoms with van der Waals surface area (Å²) in [5.41, 5.74) is 0.590. The fraction of sp³-hybridized carbons (Fsp3) is 0.462. The molecule has 0 aliphatic rings. The molecule has 0 aliphatic carbocycles. The number of halogens is 1. The van der Waals surface area contributed by atoms with Crippen LogP contribution in [0.2, 0.25) is 0 Å². The van der Waals surface area contributed by atoms with E-state index in [2.05, 4.69) is 26.1 Å². The maximum Gasteiger partial charge on any atom is 0.322 e. The molecule has 124 valence electrons. The van der Waals surface area contributed by atoms with Gasteiger partial charge in [0.1, 0.15) is 5.69 Å². The van der Waals surface area contributed by atoms with Crippen LogP contribution in [0.1, 0.15) is 28.8 Å². The summed E-state index contributed by atoms with van der Waals surface area (Å²) >= 11 is 3.40. The van der Waals surface area contributed by atoms with E-state index in [0.717, 1.165) is 4.47 Å². The molecular formula is C13H17BrN6O3. The molecule has 9 nitrogen and oxygen atoms in total. The number of amides is 1. The lowest BCUT2D eigenvalue weighted by Gasteiger charge is -2.14. The highest BCUT2D eigenvalue weighted by atomic mass is 79.9. The van der Waals surface area contributed by atoms with Crippen LogP contribution < -0.4 is 0 Å². The maximum absolute atomic E-state index is 12.5. The zero-order valence-corrected chi connectivity index (χ0v) is 14.9. The Hall–Kier alpha value is -2.23. The SMILES string of the molecule is CCn1cc(Br)c(CN(C)C(=O)c2nn(C)c(C)c2[N+](=O)[O-])n1. The summed E-state index contributed by atoms with van der Waals surface area (Å²) in [4.78, 5) is 24.5. The average molecular weight is 385 g/mol. The Morgan fingerprint density at radius 2 is 2.13 bits per heavy atom.